The molecule has 0 aliphatic carbocycles. The number of aliphatic carboxylic acids is 1. The third-order valence-electron chi connectivity index (χ3n) is 5.50. The molecule has 2 amide bonds. The number of para-hydroxylation sites is 1. The first-order chi connectivity index (χ1) is 13.8. The predicted octanol–water partition coefficient (Wildman–Crippen LogP) is 1.25. The molecule has 0 radical (unpaired) electrons. The molecule has 0 bridgehead atoms. The van der Waals surface area contributed by atoms with E-state index in [-0.39, 0.29) is 11.8 Å². The lowest BCUT2D eigenvalue weighted by atomic mass is 10.0. The molecule has 29 heavy (non-hydrogen) atoms. The number of benzene rings is 1. The highest BCUT2D eigenvalue weighted by atomic mass is 16.4. The van der Waals surface area contributed by atoms with Gasteiger partial charge in [0.2, 0.25) is 11.8 Å². The Bertz CT molecular complexity index is 907. The van der Waals surface area contributed by atoms with Crippen molar-refractivity contribution in [3.05, 3.63) is 36.0 Å². The number of likely N-dealkylation sites (tertiary alicyclic amines) is 1. The Morgan fingerprint density at radius 1 is 1.31 bits per heavy atom. The monoisotopic (exact) mass is 400 g/mol. The van der Waals surface area contributed by atoms with E-state index in [9.17, 15) is 19.5 Å². The van der Waals surface area contributed by atoms with Gasteiger partial charge in [-0.3, -0.25) is 9.59 Å². The van der Waals surface area contributed by atoms with Gasteiger partial charge in [-0.05, 0) is 36.8 Å². The normalized spacial score (nSPS) is 18.8. The molecular weight excluding hydrogens is 372 g/mol. The second-order valence-electron chi connectivity index (χ2n) is 7.93. The first kappa shape index (κ1) is 20.9. The Morgan fingerprint density at radius 3 is 2.72 bits per heavy atom. The number of carboxylic acid groups (broad SMARTS) is 1. The molecule has 8 heteroatoms. The maximum Gasteiger partial charge on any atom is 0.326 e. The summed E-state index contributed by atoms with van der Waals surface area (Å²) >= 11 is 0. The lowest BCUT2D eigenvalue weighted by Crippen LogP contribution is -2.55. The summed E-state index contributed by atoms with van der Waals surface area (Å²) < 4.78 is 0. The van der Waals surface area contributed by atoms with E-state index >= 15 is 0 Å². The van der Waals surface area contributed by atoms with Crippen LogP contribution in [0.5, 0.6) is 0 Å². The number of amides is 2. The lowest BCUT2D eigenvalue weighted by molar-refractivity contribution is -0.145. The number of carboxylic acids is 1. The number of H-pyrrole nitrogens is 1. The fraction of sp³-hybridized carbons (Fsp3) is 0.476. The van der Waals surface area contributed by atoms with Gasteiger partial charge in [0.25, 0.3) is 0 Å². The Hall–Kier alpha value is -2.87. The zero-order chi connectivity index (χ0) is 21.1. The van der Waals surface area contributed by atoms with Crippen LogP contribution in [-0.2, 0) is 20.8 Å². The second-order valence-corrected chi connectivity index (χ2v) is 7.93. The topological polar surface area (TPSA) is 129 Å². The summed E-state index contributed by atoms with van der Waals surface area (Å²) in [6.45, 7) is 3.90. The van der Waals surface area contributed by atoms with Crippen molar-refractivity contribution in [3.63, 3.8) is 0 Å². The minimum Gasteiger partial charge on any atom is -0.480 e. The molecule has 2 aromatic rings. The summed E-state index contributed by atoms with van der Waals surface area (Å²) in [6, 6.07) is 5.35. The number of nitrogens with two attached hydrogens (primary N) is 1. The third kappa shape index (κ3) is 4.42. The number of fused-ring (bicyclic) bond motifs is 1. The molecule has 0 saturated carbocycles. The van der Waals surface area contributed by atoms with E-state index in [0.717, 1.165) is 16.5 Å². The summed E-state index contributed by atoms with van der Waals surface area (Å²) in [7, 11) is 0. The van der Waals surface area contributed by atoms with Crippen molar-refractivity contribution in [2.24, 2.45) is 11.7 Å². The molecule has 1 aromatic heterocycles. The van der Waals surface area contributed by atoms with Crippen LogP contribution in [0.15, 0.2) is 30.5 Å². The van der Waals surface area contributed by atoms with Gasteiger partial charge in [-0.25, -0.2) is 4.79 Å². The van der Waals surface area contributed by atoms with Crippen molar-refractivity contribution in [3.8, 4) is 0 Å². The highest BCUT2D eigenvalue weighted by molar-refractivity contribution is 5.93. The molecule has 3 atom stereocenters. The van der Waals surface area contributed by atoms with Crippen LogP contribution in [0.25, 0.3) is 10.9 Å². The van der Waals surface area contributed by atoms with Crippen molar-refractivity contribution in [1.82, 2.24) is 15.2 Å². The summed E-state index contributed by atoms with van der Waals surface area (Å²) in [5, 5.41) is 12.9. The quantitative estimate of drug-likeness (QED) is 0.556. The van der Waals surface area contributed by atoms with Gasteiger partial charge in [0.1, 0.15) is 12.1 Å². The molecule has 5 N–H and O–H groups in total. The number of carbonyl (C=O) groups is 3. The molecule has 0 unspecified atom stereocenters. The highest BCUT2D eigenvalue weighted by Gasteiger charge is 2.38. The molecule has 3 rings (SSSR count). The fourth-order valence-corrected chi connectivity index (χ4v) is 3.90. The highest BCUT2D eigenvalue weighted by Crippen LogP contribution is 2.22. The second kappa shape index (κ2) is 8.65. The van der Waals surface area contributed by atoms with E-state index in [0.29, 0.717) is 25.8 Å². The van der Waals surface area contributed by atoms with Crippen LogP contribution >= 0.6 is 0 Å². The Kier molecular flexibility index (Phi) is 6.22. The standard InChI is InChI=1S/C21H28N4O4/c1-12(2)18(21(28)29)24-19(26)17-8-5-9-25(17)20(27)15(22)10-13-11-23-16-7-4-3-6-14(13)16/h3-4,6-7,11-12,15,17-18,23H,5,8-10,22H2,1-2H3,(H,24,26)(H,28,29)/t15-,17-,18-/m0/s1. The van der Waals surface area contributed by atoms with E-state index in [1.54, 1.807) is 13.8 Å². The van der Waals surface area contributed by atoms with Gasteiger partial charge < -0.3 is 26.0 Å². The third-order valence-corrected chi connectivity index (χ3v) is 5.50. The Balaban J connectivity index is 1.68. The maximum absolute atomic E-state index is 13.0. The van der Waals surface area contributed by atoms with E-state index in [1.165, 1.54) is 4.90 Å². The van der Waals surface area contributed by atoms with E-state index in [2.05, 4.69) is 10.3 Å². The van der Waals surface area contributed by atoms with E-state index in [4.69, 9.17) is 5.73 Å². The zero-order valence-electron chi connectivity index (χ0n) is 16.7. The zero-order valence-corrected chi connectivity index (χ0v) is 16.7. The minimum absolute atomic E-state index is 0.258. The molecule has 1 fully saturated rings. The molecule has 1 saturated heterocycles. The number of nitrogens with zero attached hydrogens (tertiary/aromatic N) is 1. The molecule has 0 spiro atoms. The van der Waals surface area contributed by atoms with Gasteiger partial charge in [0, 0.05) is 23.6 Å². The van der Waals surface area contributed by atoms with E-state index in [1.807, 2.05) is 30.5 Å². The SMILES string of the molecule is CC(C)[C@H](NC(=O)[C@@H]1CCCN1C(=O)[C@@H](N)Cc1c[nH]c2ccccc12)C(=O)O. The maximum atomic E-state index is 13.0. The number of hydrogen-bond donors (Lipinski definition) is 4. The van der Waals surface area contributed by atoms with Crippen molar-refractivity contribution in [1.29, 1.82) is 0 Å². The Labute approximate surface area is 169 Å². The molecule has 8 nitrogen and oxygen atoms in total. The molecule has 1 aliphatic heterocycles. The number of nitrogens with one attached hydrogen (secondary N) is 2. The van der Waals surface area contributed by atoms with Crippen molar-refractivity contribution >= 4 is 28.7 Å². The van der Waals surface area contributed by atoms with Crippen LogP contribution in [0, 0.1) is 5.92 Å². The molecular formula is C21H28N4O4. The fourth-order valence-electron chi connectivity index (χ4n) is 3.90. The number of aromatic nitrogens is 1. The molecule has 1 aliphatic rings. The molecule has 156 valence electrons. The number of hydrogen-bond acceptors (Lipinski definition) is 4. The Morgan fingerprint density at radius 2 is 2.03 bits per heavy atom. The minimum atomic E-state index is -1.08. The van der Waals surface area contributed by atoms with Gasteiger partial charge in [-0.1, -0.05) is 32.0 Å². The first-order valence-electron chi connectivity index (χ1n) is 9.93. The molecule has 1 aromatic carbocycles. The van der Waals surface area contributed by atoms with Crippen LogP contribution in [-0.4, -0.2) is 57.4 Å². The average molecular weight is 400 g/mol. The van der Waals surface area contributed by atoms with Crippen LogP contribution in [0.3, 0.4) is 0 Å². The smallest absolute Gasteiger partial charge is 0.326 e. The molecule has 2 heterocycles. The number of carbonyl (C=O) groups excluding carboxylic acids is 2. The van der Waals surface area contributed by atoms with Crippen LogP contribution in [0.2, 0.25) is 0 Å². The summed E-state index contributed by atoms with van der Waals surface area (Å²) in [5.41, 5.74) is 8.14. The predicted molar refractivity (Wildman–Crippen MR) is 109 cm³/mol. The van der Waals surface area contributed by atoms with E-state index < -0.39 is 30.0 Å². The number of rotatable bonds is 7. The average Bonchev–Trinajstić information content (AvgIpc) is 3.32. The van der Waals surface area contributed by atoms with Gasteiger partial charge in [-0.2, -0.15) is 0 Å². The van der Waals surface area contributed by atoms with Gasteiger partial charge >= 0.3 is 5.97 Å². The first-order valence-corrected chi connectivity index (χ1v) is 9.93. The lowest BCUT2D eigenvalue weighted by Gasteiger charge is -2.28. The largest absolute Gasteiger partial charge is 0.480 e. The van der Waals surface area contributed by atoms with Gasteiger partial charge in [0.05, 0.1) is 6.04 Å². The van der Waals surface area contributed by atoms with Crippen molar-refractivity contribution in [2.75, 3.05) is 6.54 Å². The van der Waals surface area contributed by atoms with Crippen LogP contribution in [0.4, 0.5) is 0 Å². The van der Waals surface area contributed by atoms with Gasteiger partial charge in [0.15, 0.2) is 0 Å². The van der Waals surface area contributed by atoms with Crippen LogP contribution < -0.4 is 11.1 Å². The van der Waals surface area contributed by atoms with Crippen LogP contribution in [0.1, 0.15) is 32.3 Å². The summed E-state index contributed by atoms with van der Waals surface area (Å²) in [5.74, 6) is -2.06. The summed E-state index contributed by atoms with van der Waals surface area (Å²) in [6.07, 6.45) is 3.40. The van der Waals surface area contributed by atoms with Gasteiger partial charge in [-0.15, -0.1) is 0 Å². The van der Waals surface area contributed by atoms with Crippen molar-refractivity contribution in [2.45, 2.75) is 51.2 Å². The number of aromatic amines is 1. The van der Waals surface area contributed by atoms with Crippen molar-refractivity contribution < 1.29 is 19.5 Å². The summed E-state index contributed by atoms with van der Waals surface area (Å²) in [4.78, 5) is 41.7.